The fraction of sp³-hybridized carbons (Fsp3) is 0.0909. The molecule has 4 rings (SSSR count). The van der Waals surface area contributed by atoms with Gasteiger partial charge < -0.3 is 9.47 Å². The average Bonchev–Trinajstić information content (AvgIpc) is 2.66. The minimum absolute atomic E-state index is 0.850. The Balaban J connectivity index is 2.21. The van der Waals surface area contributed by atoms with Crippen LogP contribution in [0.3, 0.4) is 0 Å². The number of hydrogen-bond donors (Lipinski definition) is 0. The van der Waals surface area contributed by atoms with Crippen molar-refractivity contribution in [1.82, 2.24) is 0 Å². The van der Waals surface area contributed by atoms with Crippen molar-refractivity contribution in [1.29, 1.82) is 0 Å². The minimum Gasteiger partial charge on any atom is -0.496 e. The Morgan fingerprint density at radius 3 is 1.33 bits per heavy atom. The molecule has 0 aliphatic rings. The summed E-state index contributed by atoms with van der Waals surface area (Å²) in [5.41, 5.74) is 2.15. The van der Waals surface area contributed by atoms with E-state index in [4.69, 9.17) is 9.47 Å². The van der Waals surface area contributed by atoms with Gasteiger partial charge in [0.25, 0.3) is 0 Å². The number of methoxy groups -OCH3 is 2. The molecule has 2 heteroatoms. The zero-order valence-electron chi connectivity index (χ0n) is 13.7. The summed E-state index contributed by atoms with van der Waals surface area (Å²) in [7, 11) is 3.43. The maximum absolute atomic E-state index is 5.70. The van der Waals surface area contributed by atoms with E-state index in [1.54, 1.807) is 14.2 Å². The smallest absolute Gasteiger partial charge is 0.127 e. The van der Waals surface area contributed by atoms with Crippen molar-refractivity contribution in [3.05, 3.63) is 72.8 Å². The van der Waals surface area contributed by atoms with E-state index in [1.165, 1.54) is 10.8 Å². The van der Waals surface area contributed by atoms with Gasteiger partial charge >= 0.3 is 0 Å². The summed E-state index contributed by atoms with van der Waals surface area (Å²) in [5, 5.41) is 4.68. The zero-order chi connectivity index (χ0) is 16.5. The molecule has 0 radical (unpaired) electrons. The van der Waals surface area contributed by atoms with Crippen LogP contribution in [0.5, 0.6) is 11.5 Å². The highest BCUT2D eigenvalue weighted by molar-refractivity contribution is 6.09. The van der Waals surface area contributed by atoms with Crippen molar-refractivity contribution in [3.8, 4) is 22.6 Å². The fourth-order valence-corrected chi connectivity index (χ4v) is 3.36. The second kappa shape index (κ2) is 5.89. The largest absolute Gasteiger partial charge is 0.496 e. The van der Waals surface area contributed by atoms with Crippen LogP contribution >= 0.6 is 0 Å². The van der Waals surface area contributed by atoms with Gasteiger partial charge in [-0.1, -0.05) is 60.7 Å². The molecule has 0 spiro atoms. The molecule has 4 aromatic rings. The average molecular weight is 314 g/mol. The third-order valence-corrected chi connectivity index (χ3v) is 4.47. The lowest BCUT2D eigenvalue weighted by Crippen LogP contribution is -1.94. The summed E-state index contributed by atoms with van der Waals surface area (Å²) >= 11 is 0. The molecule has 118 valence electrons. The molecule has 0 saturated carbocycles. The van der Waals surface area contributed by atoms with Gasteiger partial charge in [-0.25, -0.2) is 0 Å². The SMILES string of the molecule is COc1ccc2ccccc2c1-c1c(OC)ccc2ccccc12. The zero-order valence-corrected chi connectivity index (χ0v) is 13.7. The lowest BCUT2D eigenvalue weighted by atomic mass is 9.92. The monoisotopic (exact) mass is 314 g/mol. The van der Waals surface area contributed by atoms with Gasteiger partial charge in [0.2, 0.25) is 0 Å². The molecule has 0 fully saturated rings. The number of rotatable bonds is 3. The van der Waals surface area contributed by atoms with Crippen LogP contribution in [-0.4, -0.2) is 14.2 Å². The summed E-state index contributed by atoms with van der Waals surface area (Å²) in [6.07, 6.45) is 0. The first-order valence-corrected chi connectivity index (χ1v) is 7.95. The molecule has 0 aromatic heterocycles. The Kier molecular flexibility index (Phi) is 3.58. The molecule has 4 aromatic carbocycles. The standard InChI is InChI=1S/C22H18O2/c1-23-19-13-11-15-7-3-5-9-17(15)21(19)22-18-10-6-4-8-16(18)12-14-20(22)24-2/h3-14H,1-2H3. The first kappa shape index (κ1) is 14.6. The van der Waals surface area contributed by atoms with E-state index in [9.17, 15) is 0 Å². The molecule has 0 N–H and O–H groups in total. The van der Waals surface area contributed by atoms with Gasteiger partial charge in [0.15, 0.2) is 0 Å². The lowest BCUT2D eigenvalue weighted by molar-refractivity contribution is 0.411. The van der Waals surface area contributed by atoms with E-state index in [1.807, 2.05) is 12.1 Å². The molecule has 0 unspecified atom stereocenters. The van der Waals surface area contributed by atoms with Crippen molar-refractivity contribution in [2.45, 2.75) is 0 Å². The third-order valence-electron chi connectivity index (χ3n) is 4.47. The maximum atomic E-state index is 5.70. The molecular weight excluding hydrogens is 296 g/mol. The Hall–Kier alpha value is -3.00. The van der Waals surface area contributed by atoms with E-state index >= 15 is 0 Å². The van der Waals surface area contributed by atoms with Gasteiger partial charge in [-0.2, -0.15) is 0 Å². The van der Waals surface area contributed by atoms with Crippen LogP contribution in [0.4, 0.5) is 0 Å². The molecule has 0 aliphatic carbocycles. The van der Waals surface area contributed by atoms with Gasteiger partial charge in [0.1, 0.15) is 11.5 Å². The van der Waals surface area contributed by atoms with Crippen molar-refractivity contribution >= 4 is 21.5 Å². The summed E-state index contributed by atoms with van der Waals surface area (Å²) in [6.45, 7) is 0. The van der Waals surface area contributed by atoms with Crippen LogP contribution in [0.2, 0.25) is 0 Å². The predicted molar refractivity (Wildman–Crippen MR) is 100.0 cm³/mol. The Bertz CT molecular complexity index is 949. The van der Waals surface area contributed by atoms with Gasteiger partial charge in [0.05, 0.1) is 14.2 Å². The van der Waals surface area contributed by atoms with Gasteiger partial charge in [0, 0.05) is 11.1 Å². The normalized spacial score (nSPS) is 10.9. The van der Waals surface area contributed by atoms with Crippen LogP contribution in [-0.2, 0) is 0 Å². The third kappa shape index (κ3) is 2.19. The molecule has 0 heterocycles. The van der Waals surface area contributed by atoms with Gasteiger partial charge in [-0.15, -0.1) is 0 Å². The van der Waals surface area contributed by atoms with Crippen molar-refractivity contribution in [3.63, 3.8) is 0 Å². The van der Waals surface area contributed by atoms with Crippen molar-refractivity contribution in [2.24, 2.45) is 0 Å². The number of benzene rings is 4. The summed E-state index contributed by atoms with van der Waals surface area (Å²) in [6, 6.07) is 25.0. The van der Waals surface area contributed by atoms with Gasteiger partial charge in [-0.3, -0.25) is 0 Å². The number of hydrogen-bond acceptors (Lipinski definition) is 2. The summed E-state index contributed by atoms with van der Waals surface area (Å²) < 4.78 is 11.4. The number of fused-ring (bicyclic) bond motifs is 2. The molecule has 24 heavy (non-hydrogen) atoms. The summed E-state index contributed by atoms with van der Waals surface area (Å²) in [5.74, 6) is 1.70. The van der Waals surface area contributed by atoms with E-state index in [-0.39, 0.29) is 0 Å². The Morgan fingerprint density at radius 1 is 0.500 bits per heavy atom. The lowest BCUT2D eigenvalue weighted by Gasteiger charge is -2.17. The second-order valence-corrected chi connectivity index (χ2v) is 5.73. The van der Waals surface area contributed by atoms with Crippen LogP contribution in [0, 0.1) is 0 Å². The molecule has 0 aliphatic heterocycles. The number of ether oxygens (including phenoxy) is 2. The minimum atomic E-state index is 0.850. The molecule has 0 amide bonds. The topological polar surface area (TPSA) is 18.5 Å². The van der Waals surface area contributed by atoms with E-state index in [2.05, 4.69) is 60.7 Å². The van der Waals surface area contributed by atoms with Crippen LogP contribution in [0.25, 0.3) is 32.7 Å². The van der Waals surface area contributed by atoms with Crippen LogP contribution < -0.4 is 9.47 Å². The van der Waals surface area contributed by atoms with E-state index < -0.39 is 0 Å². The van der Waals surface area contributed by atoms with Crippen LogP contribution in [0.1, 0.15) is 0 Å². The molecule has 2 nitrogen and oxygen atoms in total. The van der Waals surface area contributed by atoms with E-state index in [0.29, 0.717) is 0 Å². The molecule has 0 saturated heterocycles. The fourth-order valence-electron chi connectivity index (χ4n) is 3.36. The van der Waals surface area contributed by atoms with Crippen LogP contribution in [0.15, 0.2) is 72.8 Å². The molecular formula is C22H18O2. The highest BCUT2D eigenvalue weighted by Crippen LogP contribution is 2.45. The quantitative estimate of drug-likeness (QED) is 0.484. The Morgan fingerprint density at radius 2 is 0.917 bits per heavy atom. The first-order chi connectivity index (χ1) is 11.8. The maximum Gasteiger partial charge on any atom is 0.127 e. The highest BCUT2D eigenvalue weighted by atomic mass is 16.5. The summed E-state index contributed by atoms with van der Waals surface area (Å²) in [4.78, 5) is 0. The van der Waals surface area contributed by atoms with Crippen molar-refractivity contribution in [2.75, 3.05) is 14.2 Å². The Labute approximate surface area is 141 Å². The molecule has 0 atom stereocenters. The second-order valence-electron chi connectivity index (χ2n) is 5.73. The molecule has 0 bridgehead atoms. The predicted octanol–water partition coefficient (Wildman–Crippen LogP) is 5.68. The van der Waals surface area contributed by atoms with Crippen molar-refractivity contribution < 1.29 is 9.47 Å². The highest BCUT2D eigenvalue weighted by Gasteiger charge is 2.17. The van der Waals surface area contributed by atoms with Gasteiger partial charge in [-0.05, 0) is 33.7 Å². The first-order valence-electron chi connectivity index (χ1n) is 7.95. The van der Waals surface area contributed by atoms with E-state index in [0.717, 1.165) is 33.4 Å².